The van der Waals surface area contributed by atoms with Gasteiger partial charge in [0.25, 0.3) is 11.2 Å². The molecule has 0 aliphatic carbocycles. The highest BCUT2D eigenvalue weighted by Gasteiger charge is 2.11. The second kappa shape index (κ2) is 10.1. The molecule has 1 N–H and O–H groups in total. The third kappa shape index (κ3) is 5.62. The van der Waals surface area contributed by atoms with E-state index in [-0.39, 0.29) is 12.2 Å². The largest absolute Gasteiger partial charge is 0.324 e. The summed E-state index contributed by atoms with van der Waals surface area (Å²) in [5, 5.41) is 26.2. The molecule has 4 aromatic rings. The van der Waals surface area contributed by atoms with Crippen molar-refractivity contribution < 1.29 is 9.72 Å². The van der Waals surface area contributed by atoms with Gasteiger partial charge in [-0.3, -0.25) is 19.7 Å². The summed E-state index contributed by atoms with van der Waals surface area (Å²) in [4.78, 5) is 35.2. The molecule has 1 aromatic heterocycles. The van der Waals surface area contributed by atoms with Crippen LogP contribution in [0.1, 0.15) is 0 Å². The van der Waals surface area contributed by atoms with Crippen LogP contribution in [-0.2, 0) is 11.3 Å². The van der Waals surface area contributed by atoms with E-state index in [1.54, 1.807) is 30.3 Å². The topological polar surface area (TPSA) is 132 Å². The second-order valence-electron chi connectivity index (χ2n) is 7.15. The average Bonchev–Trinajstić information content (AvgIpc) is 2.85. The van der Waals surface area contributed by atoms with Crippen molar-refractivity contribution in [1.82, 2.24) is 9.78 Å². The zero-order chi connectivity index (χ0) is 23.9. The third-order valence-corrected chi connectivity index (χ3v) is 4.70. The van der Waals surface area contributed by atoms with Gasteiger partial charge in [0.2, 0.25) is 5.91 Å². The first-order valence-corrected chi connectivity index (χ1v) is 10.2. The highest BCUT2D eigenvalue weighted by molar-refractivity contribution is 5.90. The Morgan fingerprint density at radius 3 is 2.32 bits per heavy atom. The monoisotopic (exact) mass is 454 g/mol. The number of carbonyl (C=O) groups excluding carboxylic acids is 1. The fourth-order valence-corrected chi connectivity index (χ4v) is 3.05. The predicted octanol–water partition coefficient (Wildman–Crippen LogP) is 4.87. The molecular weight excluding hydrogens is 436 g/mol. The van der Waals surface area contributed by atoms with Gasteiger partial charge in [-0.1, -0.05) is 30.3 Å². The summed E-state index contributed by atoms with van der Waals surface area (Å²) in [6.07, 6.45) is 0. The van der Waals surface area contributed by atoms with Crippen LogP contribution in [0.25, 0.3) is 11.3 Å². The van der Waals surface area contributed by atoms with Gasteiger partial charge in [0.1, 0.15) is 6.54 Å². The number of rotatable bonds is 7. The van der Waals surface area contributed by atoms with Gasteiger partial charge in [0.05, 0.1) is 22.0 Å². The minimum Gasteiger partial charge on any atom is -0.324 e. The maximum absolute atomic E-state index is 12.5. The Labute approximate surface area is 193 Å². The second-order valence-corrected chi connectivity index (χ2v) is 7.15. The molecule has 1 heterocycles. The molecule has 0 aliphatic heterocycles. The Morgan fingerprint density at radius 1 is 0.912 bits per heavy atom. The van der Waals surface area contributed by atoms with Crippen molar-refractivity contribution in [1.29, 1.82) is 0 Å². The summed E-state index contributed by atoms with van der Waals surface area (Å²) in [7, 11) is 0. The summed E-state index contributed by atoms with van der Waals surface area (Å²) >= 11 is 0. The molecule has 0 saturated carbocycles. The Hall–Kier alpha value is -4.99. The SMILES string of the molecule is O=C(Cn1nc(-c2cccc([N+](=O)[O-])c2)ccc1=O)Nc1ccc(N=Nc2ccccc2)cc1. The van der Waals surface area contributed by atoms with E-state index in [1.807, 2.05) is 30.3 Å². The predicted molar refractivity (Wildman–Crippen MR) is 126 cm³/mol. The number of amides is 1. The summed E-state index contributed by atoms with van der Waals surface area (Å²) < 4.78 is 1.01. The van der Waals surface area contributed by atoms with E-state index in [0.717, 1.165) is 10.4 Å². The lowest BCUT2D eigenvalue weighted by molar-refractivity contribution is -0.384. The minimum absolute atomic E-state index is 0.0958. The molecule has 3 aromatic carbocycles. The molecule has 0 saturated heterocycles. The first kappa shape index (κ1) is 22.2. The molecule has 4 rings (SSSR count). The van der Waals surface area contributed by atoms with Crippen molar-refractivity contribution in [3.05, 3.63) is 111 Å². The smallest absolute Gasteiger partial charge is 0.270 e. The number of non-ortho nitro benzene ring substituents is 1. The molecule has 0 atom stereocenters. The number of nitrogens with one attached hydrogen (secondary N) is 1. The first-order valence-electron chi connectivity index (χ1n) is 10.2. The highest BCUT2D eigenvalue weighted by atomic mass is 16.6. The van der Waals surface area contributed by atoms with Gasteiger partial charge in [-0.05, 0) is 42.5 Å². The molecule has 10 nitrogen and oxygen atoms in total. The molecule has 0 unspecified atom stereocenters. The number of carbonyl (C=O) groups is 1. The number of benzene rings is 3. The van der Waals surface area contributed by atoms with E-state index >= 15 is 0 Å². The van der Waals surface area contributed by atoms with Crippen LogP contribution in [-0.4, -0.2) is 20.6 Å². The number of anilines is 1. The third-order valence-electron chi connectivity index (χ3n) is 4.70. The zero-order valence-electron chi connectivity index (χ0n) is 17.7. The van der Waals surface area contributed by atoms with E-state index < -0.39 is 16.4 Å². The standard InChI is InChI=1S/C24H18N6O4/c31-23(25-18-9-11-20(12-10-18)27-26-19-6-2-1-3-7-19)16-29-24(32)14-13-22(28-29)17-5-4-8-21(15-17)30(33)34/h1-15H,16H2,(H,25,31). The molecule has 10 heteroatoms. The fraction of sp³-hybridized carbons (Fsp3) is 0.0417. The van der Waals surface area contributed by atoms with Crippen molar-refractivity contribution in [3.63, 3.8) is 0 Å². The Bertz CT molecular complexity index is 1420. The van der Waals surface area contributed by atoms with Crippen LogP contribution in [0.3, 0.4) is 0 Å². The van der Waals surface area contributed by atoms with E-state index in [2.05, 4.69) is 20.6 Å². The molecule has 0 fully saturated rings. The number of nitro groups is 1. The van der Waals surface area contributed by atoms with Crippen LogP contribution >= 0.6 is 0 Å². The van der Waals surface area contributed by atoms with Crippen molar-refractivity contribution in [2.45, 2.75) is 6.54 Å². The quantitative estimate of drug-likeness (QED) is 0.242. The van der Waals surface area contributed by atoms with Gasteiger partial charge >= 0.3 is 0 Å². The van der Waals surface area contributed by atoms with Crippen LogP contribution < -0.4 is 10.9 Å². The summed E-state index contributed by atoms with van der Waals surface area (Å²) in [6.45, 7) is -0.322. The maximum atomic E-state index is 12.5. The van der Waals surface area contributed by atoms with Crippen molar-refractivity contribution in [2.75, 3.05) is 5.32 Å². The van der Waals surface area contributed by atoms with E-state index in [1.165, 1.54) is 30.3 Å². The van der Waals surface area contributed by atoms with Gasteiger partial charge in [-0.15, -0.1) is 0 Å². The molecule has 0 bridgehead atoms. The molecule has 0 radical (unpaired) electrons. The van der Waals surface area contributed by atoms with Gasteiger partial charge in [-0.25, -0.2) is 4.68 Å². The molecule has 1 amide bonds. The summed E-state index contributed by atoms with van der Waals surface area (Å²) in [5.41, 5.74) is 2.09. The Morgan fingerprint density at radius 2 is 1.62 bits per heavy atom. The molecule has 0 aliphatic rings. The molecule has 34 heavy (non-hydrogen) atoms. The molecule has 0 spiro atoms. The number of aromatic nitrogens is 2. The number of azo groups is 1. The lowest BCUT2D eigenvalue weighted by atomic mass is 10.1. The van der Waals surface area contributed by atoms with E-state index in [9.17, 15) is 19.7 Å². The van der Waals surface area contributed by atoms with Crippen LogP contribution in [0, 0.1) is 10.1 Å². The van der Waals surface area contributed by atoms with Gasteiger partial charge in [-0.2, -0.15) is 15.3 Å². The Balaban J connectivity index is 1.43. The lowest BCUT2D eigenvalue weighted by Gasteiger charge is -2.08. The first-order chi connectivity index (χ1) is 16.5. The number of nitro benzene ring substituents is 1. The van der Waals surface area contributed by atoms with Crippen molar-refractivity contribution in [3.8, 4) is 11.3 Å². The number of hydrogen-bond acceptors (Lipinski definition) is 7. The molecular formula is C24H18N6O4. The van der Waals surface area contributed by atoms with Crippen LogP contribution in [0.2, 0.25) is 0 Å². The van der Waals surface area contributed by atoms with Crippen molar-refractivity contribution in [2.24, 2.45) is 10.2 Å². The maximum Gasteiger partial charge on any atom is 0.270 e. The fourth-order valence-electron chi connectivity index (χ4n) is 3.05. The van der Waals surface area contributed by atoms with E-state index in [0.29, 0.717) is 22.6 Å². The Kier molecular flexibility index (Phi) is 6.59. The zero-order valence-corrected chi connectivity index (χ0v) is 17.7. The number of nitrogens with zero attached hydrogens (tertiary/aromatic N) is 5. The summed E-state index contributed by atoms with van der Waals surface area (Å²) in [6, 6.07) is 24.7. The van der Waals surface area contributed by atoms with E-state index in [4.69, 9.17) is 0 Å². The average molecular weight is 454 g/mol. The van der Waals surface area contributed by atoms with Gasteiger partial charge < -0.3 is 5.32 Å². The minimum atomic E-state index is -0.513. The normalized spacial score (nSPS) is 10.8. The van der Waals surface area contributed by atoms with Crippen LogP contribution in [0.4, 0.5) is 22.7 Å². The van der Waals surface area contributed by atoms with Gasteiger partial charge in [0, 0.05) is 29.4 Å². The van der Waals surface area contributed by atoms with Crippen LogP contribution in [0.5, 0.6) is 0 Å². The van der Waals surface area contributed by atoms with Gasteiger partial charge in [0.15, 0.2) is 0 Å². The lowest BCUT2D eigenvalue weighted by Crippen LogP contribution is -2.29. The summed E-state index contributed by atoms with van der Waals surface area (Å²) in [5.74, 6) is -0.454. The van der Waals surface area contributed by atoms with Crippen molar-refractivity contribution >= 4 is 28.7 Å². The highest BCUT2D eigenvalue weighted by Crippen LogP contribution is 2.22. The van der Waals surface area contributed by atoms with Crippen LogP contribution in [0.15, 0.2) is 106 Å². The number of hydrogen-bond donors (Lipinski definition) is 1. The molecule has 168 valence electrons.